The van der Waals surface area contributed by atoms with Gasteiger partial charge in [-0.05, 0) is 72.1 Å². The Kier molecular flexibility index (Phi) is 4.11. The number of hydrogen-bond donors (Lipinski definition) is 2. The Bertz CT molecular complexity index is 953. The third kappa shape index (κ3) is 3.20. The van der Waals surface area contributed by atoms with E-state index in [-0.39, 0.29) is 0 Å². The highest BCUT2D eigenvalue weighted by atomic mass is 32.1. The molecule has 4 nitrogen and oxygen atoms in total. The first kappa shape index (κ1) is 15.9. The fraction of sp³-hybridized carbons (Fsp3) is 0.286. The number of nitrogens with one attached hydrogen (secondary N) is 2. The SMILES string of the molecule is c1cc2cc(CN3CCC[C@@H](Nc4ccc5[nH]ncc5c4)C3)ccc2s1. The number of aromatic nitrogens is 2. The van der Waals surface area contributed by atoms with E-state index in [0.29, 0.717) is 6.04 Å². The molecule has 3 heterocycles. The molecule has 1 atom stereocenters. The minimum absolute atomic E-state index is 0.498. The van der Waals surface area contributed by atoms with Gasteiger partial charge in [-0.25, -0.2) is 0 Å². The van der Waals surface area contributed by atoms with Crippen molar-refractivity contribution >= 4 is 38.0 Å². The molecule has 132 valence electrons. The molecule has 4 aromatic rings. The minimum atomic E-state index is 0.498. The lowest BCUT2D eigenvalue weighted by atomic mass is 10.0. The van der Waals surface area contributed by atoms with Crippen LogP contribution in [0.2, 0.25) is 0 Å². The maximum atomic E-state index is 4.11. The third-order valence-corrected chi connectivity index (χ3v) is 6.14. The first-order valence-corrected chi connectivity index (χ1v) is 10.1. The predicted molar refractivity (Wildman–Crippen MR) is 110 cm³/mol. The lowest BCUT2D eigenvalue weighted by Gasteiger charge is -2.33. The van der Waals surface area contributed by atoms with Crippen molar-refractivity contribution in [3.63, 3.8) is 0 Å². The zero-order chi connectivity index (χ0) is 17.3. The maximum absolute atomic E-state index is 4.11. The number of anilines is 1. The van der Waals surface area contributed by atoms with Crippen LogP contribution < -0.4 is 5.32 Å². The molecule has 0 aliphatic carbocycles. The van der Waals surface area contributed by atoms with Gasteiger partial charge in [0, 0.05) is 34.9 Å². The van der Waals surface area contributed by atoms with Gasteiger partial charge in [0.1, 0.15) is 0 Å². The second-order valence-electron chi connectivity index (χ2n) is 7.18. The summed E-state index contributed by atoms with van der Waals surface area (Å²) < 4.78 is 1.38. The van der Waals surface area contributed by atoms with Crippen LogP contribution in [0.4, 0.5) is 5.69 Å². The Morgan fingerprint density at radius 3 is 3.15 bits per heavy atom. The number of H-pyrrole nitrogens is 1. The molecule has 0 bridgehead atoms. The summed E-state index contributed by atoms with van der Waals surface area (Å²) in [4.78, 5) is 2.57. The van der Waals surface area contributed by atoms with Gasteiger partial charge in [0.15, 0.2) is 0 Å². The summed E-state index contributed by atoms with van der Waals surface area (Å²) in [6.45, 7) is 3.30. The smallest absolute Gasteiger partial charge is 0.0651 e. The molecule has 2 aromatic carbocycles. The molecule has 0 spiro atoms. The zero-order valence-electron chi connectivity index (χ0n) is 14.6. The summed E-state index contributed by atoms with van der Waals surface area (Å²) in [6, 6.07) is 16.0. The molecule has 1 aliphatic heterocycles. The second kappa shape index (κ2) is 6.74. The predicted octanol–water partition coefficient (Wildman–Crippen LogP) is 4.85. The molecular weight excluding hydrogens is 340 g/mol. The Hall–Kier alpha value is -2.37. The summed E-state index contributed by atoms with van der Waals surface area (Å²) in [5.41, 5.74) is 3.69. The van der Waals surface area contributed by atoms with E-state index >= 15 is 0 Å². The fourth-order valence-electron chi connectivity index (χ4n) is 3.96. The fourth-order valence-corrected chi connectivity index (χ4v) is 4.73. The zero-order valence-corrected chi connectivity index (χ0v) is 15.4. The molecule has 1 aliphatic rings. The van der Waals surface area contributed by atoms with Crippen molar-refractivity contribution in [1.82, 2.24) is 15.1 Å². The monoisotopic (exact) mass is 362 g/mol. The quantitative estimate of drug-likeness (QED) is 0.545. The highest BCUT2D eigenvalue weighted by molar-refractivity contribution is 7.17. The number of benzene rings is 2. The van der Waals surface area contributed by atoms with Gasteiger partial charge >= 0.3 is 0 Å². The van der Waals surface area contributed by atoms with Gasteiger partial charge in [-0.1, -0.05) is 6.07 Å². The van der Waals surface area contributed by atoms with E-state index in [4.69, 9.17) is 0 Å². The van der Waals surface area contributed by atoms with Crippen LogP contribution in [0, 0.1) is 0 Å². The van der Waals surface area contributed by atoms with Crippen molar-refractivity contribution in [3.05, 3.63) is 59.6 Å². The largest absolute Gasteiger partial charge is 0.381 e. The van der Waals surface area contributed by atoms with E-state index in [1.807, 2.05) is 17.5 Å². The van der Waals surface area contributed by atoms with E-state index in [1.54, 1.807) is 0 Å². The Morgan fingerprint density at radius 1 is 1.15 bits per heavy atom. The van der Waals surface area contributed by atoms with Gasteiger partial charge in [0.05, 0.1) is 11.7 Å². The van der Waals surface area contributed by atoms with Gasteiger partial charge in [0.25, 0.3) is 0 Å². The van der Waals surface area contributed by atoms with Crippen LogP contribution in [-0.4, -0.2) is 34.2 Å². The molecule has 0 unspecified atom stereocenters. The van der Waals surface area contributed by atoms with Crippen molar-refractivity contribution in [2.75, 3.05) is 18.4 Å². The summed E-state index contributed by atoms with van der Waals surface area (Å²) >= 11 is 1.81. The van der Waals surface area contributed by atoms with E-state index in [1.165, 1.54) is 40.7 Å². The summed E-state index contributed by atoms with van der Waals surface area (Å²) in [6.07, 6.45) is 4.35. The number of likely N-dealkylation sites (tertiary alicyclic amines) is 1. The van der Waals surface area contributed by atoms with Crippen LogP contribution in [-0.2, 0) is 6.54 Å². The average Bonchev–Trinajstić information content (AvgIpc) is 3.30. The number of thiophene rings is 1. The summed E-state index contributed by atoms with van der Waals surface area (Å²) in [7, 11) is 0. The Labute approximate surface area is 156 Å². The lowest BCUT2D eigenvalue weighted by Crippen LogP contribution is -2.41. The van der Waals surface area contributed by atoms with E-state index in [2.05, 4.69) is 68.3 Å². The second-order valence-corrected chi connectivity index (χ2v) is 8.13. The molecule has 2 aromatic heterocycles. The van der Waals surface area contributed by atoms with Gasteiger partial charge in [-0.3, -0.25) is 10.00 Å². The van der Waals surface area contributed by atoms with Crippen LogP contribution in [0.3, 0.4) is 0 Å². The molecule has 2 N–H and O–H groups in total. The van der Waals surface area contributed by atoms with E-state index < -0.39 is 0 Å². The average molecular weight is 363 g/mol. The molecule has 0 saturated carbocycles. The number of hydrogen-bond acceptors (Lipinski definition) is 4. The molecule has 0 amide bonds. The number of fused-ring (bicyclic) bond motifs is 2. The van der Waals surface area contributed by atoms with Gasteiger partial charge in [-0.2, -0.15) is 5.10 Å². The van der Waals surface area contributed by atoms with Crippen molar-refractivity contribution in [3.8, 4) is 0 Å². The first-order valence-electron chi connectivity index (χ1n) is 9.22. The van der Waals surface area contributed by atoms with E-state index in [0.717, 1.165) is 24.0 Å². The third-order valence-electron chi connectivity index (χ3n) is 5.24. The van der Waals surface area contributed by atoms with Crippen molar-refractivity contribution in [2.45, 2.75) is 25.4 Å². The minimum Gasteiger partial charge on any atom is -0.381 e. The topological polar surface area (TPSA) is 44.0 Å². The van der Waals surface area contributed by atoms with E-state index in [9.17, 15) is 0 Å². The molecule has 0 radical (unpaired) electrons. The summed E-state index contributed by atoms with van der Waals surface area (Å²) in [5, 5.41) is 15.5. The van der Waals surface area contributed by atoms with Gasteiger partial charge in [0.2, 0.25) is 0 Å². The molecule has 1 fully saturated rings. The molecule has 5 rings (SSSR count). The lowest BCUT2D eigenvalue weighted by molar-refractivity contribution is 0.208. The number of rotatable bonds is 4. The van der Waals surface area contributed by atoms with Crippen molar-refractivity contribution in [2.24, 2.45) is 0 Å². The van der Waals surface area contributed by atoms with Crippen LogP contribution in [0.1, 0.15) is 18.4 Å². The maximum Gasteiger partial charge on any atom is 0.0651 e. The summed E-state index contributed by atoms with van der Waals surface area (Å²) in [5.74, 6) is 0. The normalized spacial score (nSPS) is 18.5. The number of piperidine rings is 1. The Balaban J connectivity index is 1.26. The molecule has 5 heteroatoms. The van der Waals surface area contributed by atoms with Crippen LogP contribution in [0.25, 0.3) is 21.0 Å². The van der Waals surface area contributed by atoms with Crippen molar-refractivity contribution in [1.29, 1.82) is 0 Å². The van der Waals surface area contributed by atoms with Gasteiger partial charge in [-0.15, -0.1) is 11.3 Å². The molecular formula is C21H22N4S. The van der Waals surface area contributed by atoms with Gasteiger partial charge < -0.3 is 5.32 Å². The highest BCUT2D eigenvalue weighted by Crippen LogP contribution is 2.24. The number of nitrogens with zero attached hydrogens (tertiary/aromatic N) is 2. The first-order chi connectivity index (χ1) is 12.8. The molecule has 1 saturated heterocycles. The van der Waals surface area contributed by atoms with Crippen LogP contribution >= 0.6 is 11.3 Å². The Morgan fingerprint density at radius 2 is 2.15 bits per heavy atom. The highest BCUT2D eigenvalue weighted by Gasteiger charge is 2.20. The standard InChI is InChI=1S/C21H22N4S/c1-2-19(23-18-4-5-20-17(11-18)12-22-24-20)14-25(8-1)13-15-3-6-21-16(10-15)7-9-26-21/h3-7,9-12,19,23H,1-2,8,13-14H2,(H,22,24)/t19-/m1/s1. The van der Waals surface area contributed by atoms with Crippen molar-refractivity contribution < 1.29 is 0 Å². The molecule has 26 heavy (non-hydrogen) atoms. The van der Waals surface area contributed by atoms with Crippen LogP contribution in [0.5, 0.6) is 0 Å². The van der Waals surface area contributed by atoms with Crippen LogP contribution in [0.15, 0.2) is 54.0 Å². The number of aromatic amines is 1.